The molecule has 0 bridgehead atoms. The van der Waals surface area contributed by atoms with E-state index in [1.807, 2.05) is 18.2 Å². The van der Waals surface area contributed by atoms with E-state index in [4.69, 9.17) is 28.9 Å². The molecule has 0 aliphatic rings. The highest BCUT2D eigenvalue weighted by molar-refractivity contribution is 6.35. The van der Waals surface area contributed by atoms with Gasteiger partial charge >= 0.3 is 0 Å². The van der Waals surface area contributed by atoms with Gasteiger partial charge < -0.3 is 5.73 Å². The summed E-state index contributed by atoms with van der Waals surface area (Å²) < 4.78 is 0. The third-order valence-electron chi connectivity index (χ3n) is 2.93. The molecule has 2 unspecified atom stereocenters. The van der Waals surface area contributed by atoms with E-state index < -0.39 is 0 Å². The molecule has 1 aromatic rings. The lowest BCUT2D eigenvalue weighted by molar-refractivity contribution is 0.394. The molecular formula is C12H17Cl2N. The van der Waals surface area contributed by atoms with Gasteiger partial charge in [-0.25, -0.2) is 0 Å². The Balaban J connectivity index is 2.80. The van der Waals surface area contributed by atoms with Crippen molar-refractivity contribution in [3.63, 3.8) is 0 Å². The van der Waals surface area contributed by atoms with Crippen molar-refractivity contribution in [2.45, 2.75) is 20.3 Å². The Morgan fingerprint density at radius 3 is 2.13 bits per heavy atom. The van der Waals surface area contributed by atoms with Crippen LogP contribution in [0.4, 0.5) is 0 Å². The second-order valence-electron chi connectivity index (χ2n) is 4.09. The van der Waals surface area contributed by atoms with Crippen LogP contribution in [0.3, 0.4) is 0 Å². The molecule has 0 aliphatic carbocycles. The Hall–Kier alpha value is -0.240. The normalized spacial score (nSPS) is 15.0. The molecule has 0 fully saturated rings. The van der Waals surface area contributed by atoms with Crippen molar-refractivity contribution in [3.05, 3.63) is 33.8 Å². The van der Waals surface area contributed by atoms with Crippen molar-refractivity contribution in [2.24, 2.45) is 17.6 Å². The fourth-order valence-corrected chi connectivity index (χ4v) is 2.03. The van der Waals surface area contributed by atoms with Crippen LogP contribution in [0, 0.1) is 11.8 Å². The van der Waals surface area contributed by atoms with Crippen LogP contribution in [0.5, 0.6) is 0 Å². The van der Waals surface area contributed by atoms with E-state index in [1.165, 1.54) is 0 Å². The molecule has 0 aliphatic heterocycles. The fraction of sp³-hybridized carbons (Fsp3) is 0.500. The summed E-state index contributed by atoms with van der Waals surface area (Å²) in [7, 11) is 0. The van der Waals surface area contributed by atoms with E-state index in [2.05, 4.69) is 13.8 Å². The number of nitrogens with two attached hydrogens (primary N) is 1. The minimum absolute atomic E-state index is 0.484. The monoisotopic (exact) mass is 245 g/mol. The molecule has 0 heterocycles. The van der Waals surface area contributed by atoms with Gasteiger partial charge in [-0.05, 0) is 42.5 Å². The summed E-state index contributed by atoms with van der Waals surface area (Å²) in [6, 6.07) is 5.62. The molecule has 0 saturated heterocycles. The SMILES string of the molecule is CC(CN)C(C)Cc1c(Cl)cccc1Cl. The zero-order valence-electron chi connectivity index (χ0n) is 9.13. The van der Waals surface area contributed by atoms with Gasteiger partial charge in [0, 0.05) is 10.0 Å². The van der Waals surface area contributed by atoms with Gasteiger partial charge in [-0.15, -0.1) is 0 Å². The molecular weight excluding hydrogens is 229 g/mol. The Morgan fingerprint density at radius 1 is 1.13 bits per heavy atom. The predicted molar refractivity (Wildman–Crippen MR) is 67.5 cm³/mol. The fourth-order valence-electron chi connectivity index (χ4n) is 1.48. The second kappa shape index (κ2) is 5.74. The lowest BCUT2D eigenvalue weighted by atomic mass is 9.90. The van der Waals surface area contributed by atoms with Crippen LogP contribution in [0.2, 0.25) is 10.0 Å². The van der Waals surface area contributed by atoms with Gasteiger partial charge in [-0.3, -0.25) is 0 Å². The third-order valence-corrected chi connectivity index (χ3v) is 3.64. The first-order valence-corrected chi connectivity index (χ1v) is 5.94. The standard InChI is InChI=1S/C12H17Cl2N/c1-8(9(2)7-15)6-10-11(13)4-3-5-12(10)14/h3-5,8-9H,6-7,15H2,1-2H3. The number of hydrogen-bond acceptors (Lipinski definition) is 1. The smallest absolute Gasteiger partial charge is 0.0452 e. The first-order valence-electron chi connectivity index (χ1n) is 5.19. The van der Waals surface area contributed by atoms with Gasteiger partial charge in [-0.2, -0.15) is 0 Å². The van der Waals surface area contributed by atoms with Gasteiger partial charge in [0.15, 0.2) is 0 Å². The summed E-state index contributed by atoms with van der Waals surface area (Å²) in [6.07, 6.45) is 0.886. The maximum Gasteiger partial charge on any atom is 0.0452 e. The van der Waals surface area contributed by atoms with Crippen LogP contribution >= 0.6 is 23.2 Å². The summed E-state index contributed by atoms with van der Waals surface area (Å²) in [6.45, 7) is 5.02. The molecule has 2 N–H and O–H groups in total. The van der Waals surface area contributed by atoms with Gasteiger partial charge in [0.1, 0.15) is 0 Å². The van der Waals surface area contributed by atoms with Gasteiger partial charge in [0.05, 0.1) is 0 Å². The summed E-state index contributed by atoms with van der Waals surface area (Å²) in [5.74, 6) is 0.977. The van der Waals surface area contributed by atoms with Crippen molar-refractivity contribution >= 4 is 23.2 Å². The van der Waals surface area contributed by atoms with Gasteiger partial charge in [-0.1, -0.05) is 43.1 Å². The molecule has 1 nitrogen and oxygen atoms in total. The molecule has 15 heavy (non-hydrogen) atoms. The lowest BCUT2D eigenvalue weighted by Gasteiger charge is -2.19. The second-order valence-corrected chi connectivity index (χ2v) is 4.91. The van der Waals surface area contributed by atoms with Crippen LogP contribution in [0.1, 0.15) is 19.4 Å². The molecule has 1 aromatic carbocycles. The zero-order valence-corrected chi connectivity index (χ0v) is 10.6. The predicted octanol–water partition coefficient (Wildman–Crippen LogP) is 3.77. The molecule has 2 atom stereocenters. The Morgan fingerprint density at radius 2 is 1.67 bits per heavy atom. The first kappa shape index (κ1) is 12.8. The van der Waals surface area contributed by atoms with Crippen LogP contribution in [-0.2, 0) is 6.42 Å². The Bertz CT molecular complexity index is 305. The Labute approximate surface area is 102 Å². The topological polar surface area (TPSA) is 26.0 Å². The molecule has 0 spiro atoms. The van der Waals surface area contributed by atoms with Crippen molar-refractivity contribution in [2.75, 3.05) is 6.54 Å². The minimum Gasteiger partial charge on any atom is -0.330 e. The quantitative estimate of drug-likeness (QED) is 0.859. The van der Waals surface area contributed by atoms with Crippen LogP contribution < -0.4 is 5.73 Å². The lowest BCUT2D eigenvalue weighted by Crippen LogP contribution is -2.20. The van der Waals surface area contributed by atoms with E-state index in [9.17, 15) is 0 Å². The maximum absolute atomic E-state index is 6.11. The zero-order chi connectivity index (χ0) is 11.4. The highest BCUT2D eigenvalue weighted by atomic mass is 35.5. The molecule has 0 radical (unpaired) electrons. The first-order chi connectivity index (χ1) is 7.06. The number of halogens is 2. The number of benzene rings is 1. The Kier molecular flexibility index (Phi) is 4.91. The van der Waals surface area contributed by atoms with Crippen molar-refractivity contribution in [1.29, 1.82) is 0 Å². The highest BCUT2D eigenvalue weighted by Crippen LogP contribution is 2.28. The van der Waals surface area contributed by atoms with Crippen molar-refractivity contribution in [3.8, 4) is 0 Å². The average Bonchev–Trinajstić information content (AvgIpc) is 2.22. The number of rotatable bonds is 4. The highest BCUT2D eigenvalue weighted by Gasteiger charge is 2.14. The maximum atomic E-state index is 6.11. The third kappa shape index (κ3) is 3.37. The van der Waals surface area contributed by atoms with Gasteiger partial charge in [0.25, 0.3) is 0 Å². The summed E-state index contributed by atoms with van der Waals surface area (Å²) in [4.78, 5) is 0. The molecule has 84 valence electrons. The summed E-state index contributed by atoms with van der Waals surface area (Å²) >= 11 is 12.2. The van der Waals surface area contributed by atoms with E-state index in [0.717, 1.165) is 22.0 Å². The van der Waals surface area contributed by atoms with Crippen molar-refractivity contribution < 1.29 is 0 Å². The van der Waals surface area contributed by atoms with Crippen LogP contribution in [0.15, 0.2) is 18.2 Å². The van der Waals surface area contributed by atoms with Crippen molar-refractivity contribution in [1.82, 2.24) is 0 Å². The molecule has 3 heteroatoms. The summed E-state index contributed by atoms with van der Waals surface area (Å²) in [5, 5.41) is 1.50. The molecule has 0 saturated carbocycles. The molecule has 0 aromatic heterocycles. The van der Waals surface area contributed by atoms with E-state index in [-0.39, 0.29) is 0 Å². The molecule has 1 rings (SSSR count). The van der Waals surface area contributed by atoms with Gasteiger partial charge in [0.2, 0.25) is 0 Å². The van der Waals surface area contributed by atoms with E-state index in [1.54, 1.807) is 0 Å². The molecule has 0 amide bonds. The van der Waals surface area contributed by atoms with E-state index >= 15 is 0 Å². The average molecular weight is 246 g/mol. The minimum atomic E-state index is 0.484. The van der Waals surface area contributed by atoms with Crippen LogP contribution in [0.25, 0.3) is 0 Å². The largest absolute Gasteiger partial charge is 0.330 e. The number of hydrogen-bond donors (Lipinski definition) is 1. The van der Waals surface area contributed by atoms with Crippen LogP contribution in [-0.4, -0.2) is 6.54 Å². The van der Waals surface area contributed by atoms with E-state index in [0.29, 0.717) is 18.4 Å². The summed E-state index contributed by atoms with van der Waals surface area (Å²) in [5.41, 5.74) is 6.67.